The zero-order chi connectivity index (χ0) is 19.5. The third-order valence-electron chi connectivity index (χ3n) is 5.05. The Morgan fingerprint density at radius 1 is 1.18 bits per heavy atom. The fourth-order valence-electron chi connectivity index (χ4n) is 3.50. The van der Waals surface area contributed by atoms with Gasteiger partial charge in [-0.25, -0.2) is 0 Å². The monoisotopic (exact) mass is 396 g/mol. The van der Waals surface area contributed by atoms with Gasteiger partial charge in [-0.05, 0) is 42.7 Å². The summed E-state index contributed by atoms with van der Waals surface area (Å²) in [5.41, 5.74) is 7.85. The van der Waals surface area contributed by atoms with Gasteiger partial charge in [-0.3, -0.25) is 4.79 Å². The summed E-state index contributed by atoms with van der Waals surface area (Å²) < 4.78 is 5.50. The Hall–Kier alpha value is -2.70. The van der Waals surface area contributed by atoms with E-state index >= 15 is 0 Å². The molecule has 2 aromatic carbocycles. The summed E-state index contributed by atoms with van der Waals surface area (Å²) in [7, 11) is 0. The second kappa shape index (κ2) is 8.12. The van der Waals surface area contributed by atoms with Crippen LogP contribution in [0.1, 0.15) is 36.3 Å². The molecule has 7 heteroatoms. The molecule has 2 atom stereocenters. The molecule has 3 aromatic rings. The molecule has 1 aliphatic heterocycles. The summed E-state index contributed by atoms with van der Waals surface area (Å²) in [4.78, 5) is 19.2. The lowest BCUT2D eigenvalue weighted by Crippen LogP contribution is -2.43. The second-order valence-electron chi connectivity index (χ2n) is 6.97. The predicted molar refractivity (Wildman–Crippen MR) is 107 cm³/mol. The minimum absolute atomic E-state index is 0.00854. The summed E-state index contributed by atoms with van der Waals surface area (Å²) in [5, 5.41) is 4.74. The van der Waals surface area contributed by atoms with Gasteiger partial charge < -0.3 is 15.2 Å². The quantitative estimate of drug-likeness (QED) is 0.725. The molecule has 1 saturated heterocycles. The second-order valence-corrected chi connectivity index (χ2v) is 7.41. The molecule has 0 aliphatic carbocycles. The van der Waals surface area contributed by atoms with Crippen LogP contribution in [0, 0.1) is 0 Å². The zero-order valence-corrected chi connectivity index (χ0v) is 16.0. The van der Waals surface area contributed by atoms with Crippen molar-refractivity contribution in [3.8, 4) is 11.4 Å². The first-order valence-electron chi connectivity index (χ1n) is 9.30. The van der Waals surface area contributed by atoms with Crippen LogP contribution in [0.2, 0.25) is 5.02 Å². The molecule has 2 unspecified atom stereocenters. The number of rotatable bonds is 4. The van der Waals surface area contributed by atoms with Gasteiger partial charge in [-0.15, -0.1) is 0 Å². The van der Waals surface area contributed by atoms with Crippen LogP contribution >= 0.6 is 11.6 Å². The summed E-state index contributed by atoms with van der Waals surface area (Å²) in [6.45, 7) is 1.22. The van der Waals surface area contributed by atoms with Crippen LogP contribution in [0.3, 0.4) is 0 Å². The Morgan fingerprint density at radius 3 is 2.68 bits per heavy atom. The average Bonchev–Trinajstić information content (AvgIpc) is 3.24. The first-order valence-corrected chi connectivity index (χ1v) is 9.68. The van der Waals surface area contributed by atoms with E-state index in [4.69, 9.17) is 21.9 Å². The number of carbonyl (C=O) groups is 1. The Balaban J connectivity index is 1.47. The molecule has 1 fully saturated rings. The lowest BCUT2D eigenvalue weighted by molar-refractivity contribution is -0.134. The topological polar surface area (TPSA) is 85.3 Å². The zero-order valence-electron chi connectivity index (χ0n) is 15.3. The van der Waals surface area contributed by atoms with Gasteiger partial charge in [0.15, 0.2) is 0 Å². The highest BCUT2D eigenvalue weighted by Crippen LogP contribution is 2.29. The van der Waals surface area contributed by atoms with Crippen molar-refractivity contribution < 1.29 is 9.32 Å². The molecular formula is C21H21ClN4O2. The maximum Gasteiger partial charge on any atom is 0.244 e. The van der Waals surface area contributed by atoms with E-state index in [0.29, 0.717) is 29.8 Å². The lowest BCUT2D eigenvalue weighted by Gasteiger charge is -2.32. The van der Waals surface area contributed by atoms with Crippen molar-refractivity contribution >= 4 is 17.5 Å². The third-order valence-corrected chi connectivity index (χ3v) is 5.30. The number of amides is 1. The van der Waals surface area contributed by atoms with Gasteiger partial charge in [0.2, 0.25) is 17.6 Å². The van der Waals surface area contributed by atoms with Gasteiger partial charge in [0, 0.05) is 23.7 Å². The fraction of sp³-hybridized carbons (Fsp3) is 0.286. The molecule has 144 valence electrons. The first-order chi connectivity index (χ1) is 13.6. The van der Waals surface area contributed by atoms with Crippen molar-refractivity contribution in [1.29, 1.82) is 0 Å². The molecule has 0 saturated carbocycles. The molecule has 1 amide bonds. The maximum atomic E-state index is 12.9. The summed E-state index contributed by atoms with van der Waals surface area (Å²) in [6, 6.07) is 16.1. The van der Waals surface area contributed by atoms with Crippen LogP contribution in [-0.4, -0.2) is 34.0 Å². The molecule has 0 spiro atoms. The third kappa shape index (κ3) is 3.93. The van der Waals surface area contributed by atoms with Crippen LogP contribution in [-0.2, 0) is 4.79 Å². The molecule has 1 aliphatic rings. The van der Waals surface area contributed by atoms with E-state index in [1.54, 1.807) is 17.0 Å². The van der Waals surface area contributed by atoms with Crippen molar-refractivity contribution in [3.63, 3.8) is 0 Å². The number of carbonyl (C=O) groups excluding carboxylic acids is 1. The summed E-state index contributed by atoms with van der Waals surface area (Å²) >= 11 is 5.93. The van der Waals surface area contributed by atoms with Crippen LogP contribution in [0.4, 0.5) is 0 Å². The van der Waals surface area contributed by atoms with Gasteiger partial charge in [0.25, 0.3) is 0 Å². The smallest absolute Gasteiger partial charge is 0.244 e. The van der Waals surface area contributed by atoms with Gasteiger partial charge in [0.1, 0.15) is 6.04 Å². The SMILES string of the molecule is NC(C(=O)N1CCCC(c2nc(-c3ccc(Cl)cc3)no2)C1)c1ccccc1. The molecule has 6 nitrogen and oxygen atoms in total. The minimum atomic E-state index is -0.660. The average molecular weight is 397 g/mol. The Kier molecular flexibility index (Phi) is 5.41. The molecule has 2 N–H and O–H groups in total. The number of benzene rings is 2. The summed E-state index contributed by atoms with van der Waals surface area (Å²) in [5.74, 6) is 1.01. The van der Waals surface area contributed by atoms with E-state index in [9.17, 15) is 4.79 Å². The highest BCUT2D eigenvalue weighted by molar-refractivity contribution is 6.30. The molecule has 0 radical (unpaired) electrons. The van der Waals surface area contributed by atoms with E-state index in [2.05, 4.69) is 10.1 Å². The van der Waals surface area contributed by atoms with Gasteiger partial charge in [0.05, 0.1) is 5.92 Å². The summed E-state index contributed by atoms with van der Waals surface area (Å²) in [6.07, 6.45) is 1.77. The van der Waals surface area contributed by atoms with Gasteiger partial charge >= 0.3 is 0 Å². The number of nitrogens with two attached hydrogens (primary N) is 1. The van der Waals surface area contributed by atoms with Crippen LogP contribution in [0.15, 0.2) is 59.1 Å². The molecular weight excluding hydrogens is 376 g/mol. The number of hydrogen-bond acceptors (Lipinski definition) is 5. The van der Waals surface area contributed by atoms with E-state index < -0.39 is 6.04 Å². The molecule has 4 rings (SSSR count). The van der Waals surface area contributed by atoms with Crippen LogP contribution in [0.5, 0.6) is 0 Å². The number of aromatic nitrogens is 2. The number of nitrogens with zero attached hydrogens (tertiary/aromatic N) is 3. The highest BCUT2D eigenvalue weighted by atomic mass is 35.5. The number of hydrogen-bond donors (Lipinski definition) is 1. The van der Waals surface area contributed by atoms with Crippen LogP contribution in [0.25, 0.3) is 11.4 Å². The van der Waals surface area contributed by atoms with Gasteiger partial charge in [-0.2, -0.15) is 4.98 Å². The molecule has 28 heavy (non-hydrogen) atoms. The molecule has 2 heterocycles. The lowest BCUT2D eigenvalue weighted by atomic mass is 9.96. The van der Waals surface area contributed by atoms with E-state index in [1.807, 2.05) is 42.5 Å². The Morgan fingerprint density at radius 2 is 1.93 bits per heavy atom. The van der Waals surface area contributed by atoms with Crippen molar-refractivity contribution in [2.24, 2.45) is 5.73 Å². The standard InChI is InChI=1S/C21H21ClN4O2/c22-17-10-8-15(9-11-17)19-24-20(28-25-19)16-7-4-12-26(13-16)21(27)18(23)14-5-2-1-3-6-14/h1-3,5-6,8-11,16,18H,4,7,12-13,23H2. The van der Waals surface area contributed by atoms with E-state index in [0.717, 1.165) is 24.0 Å². The maximum absolute atomic E-state index is 12.9. The number of halogens is 1. The van der Waals surface area contributed by atoms with Crippen molar-refractivity contribution in [1.82, 2.24) is 15.0 Å². The van der Waals surface area contributed by atoms with Crippen LogP contribution < -0.4 is 5.73 Å². The largest absolute Gasteiger partial charge is 0.340 e. The molecule has 1 aromatic heterocycles. The molecule has 0 bridgehead atoms. The Bertz CT molecular complexity index is 943. The first kappa shape index (κ1) is 18.7. The number of likely N-dealkylation sites (tertiary alicyclic amines) is 1. The highest BCUT2D eigenvalue weighted by Gasteiger charge is 2.31. The van der Waals surface area contributed by atoms with Crippen molar-refractivity contribution in [3.05, 3.63) is 71.1 Å². The predicted octanol–water partition coefficient (Wildman–Crippen LogP) is 3.80. The van der Waals surface area contributed by atoms with Gasteiger partial charge in [-0.1, -0.05) is 47.1 Å². The van der Waals surface area contributed by atoms with E-state index in [1.165, 1.54) is 0 Å². The van der Waals surface area contributed by atoms with Crippen molar-refractivity contribution in [2.45, 2.75) is 24.8 Å². The van der Waals surface area contributed by atoms with E-state index in [-0.39, 0.29) is 11.8 Å². The Labute approximate surface area is 168 Å². The number of piperidine rings is 1. The normalized spacial score (nSPS) is 18.1. The van der Waals surface area contributed by atoms with Crippen molar-refractivity contribution in [2.75, 3.05) is 13.1 Å². The minimum Gasteiger partial charge on any atom is -0.340 e. The fourth-order valence-corrected chi connectivity index (χ4v) is 3.62.